The molecule has 0 fully saturated rings. The molecule has 0 aliphatic heterocycles. The minimum absolute atomic E-state index is 0.139. The van der Waals surface area contributed by atoms with Crippen LogP contribution in [0.1, 0.15) is 5.56 Å². The average Bonchev–Trinajstić information content (AvgIpc) is 2.00. The van der Waals surface area contributed by atoms with Crippen molar-refractivity contribution in [3.05, 3.63) is 33.8 Å². The second-order valence-corrected chi connectivity index (χ2v) is 8.39. The van der Waals surface area contributed by atoms with Crippen LogP contribution in [0.25, 0.3) is 0 Å². The Labute approximate surface area is 107 Å². The number of nitrogens with two attached hydrogens (primary N) is 1. The van der Waals surface area contributed by atoms with Crippen LogP contribution >= 0.6 is 23.2 Å². The molecular formula is C11H18AlCl2N. The Kier molecular flexibility index (Phi) is 8.61. The maximum Gasteiger partial charge on any atom is 0.251 e. The molecule has 0 heterocycles. The highest BCUT2D eigenvalue weighted by Gasteiger charge is 1.96. The Balaban J connectivity index is 0.000000423. The first kappa shape index (κ1) is 15.3. The van der Waals surface area contributed by atoms with Crippen molar-refractivity contribution in [2.75, 3.05) is 6.54 Å². The van der Waals surface area contributed by atoms with Crippen LogP contribution in [0.3, 0.4) is 0 Å². The summed E-state index contributed by atoms with van der Waals surface area (Å²) in [4.78, 5) is 0. The average molecular weight is 262 g/mol. The molecule has 0 unspecified atom stereocenters. The van der Waals surface area contributed by atoms with Crippen molar-refractivity contribution < 1.29 is 0 Å². The third-order valence-electron chi connectivity index (χ3n) is 1.36. The number of benzene rings is 1. The van der Waals surface area contributed by atoms with Crippen LogP contribution in [0.4, 0.5) is 0 Å². The Hall–Kier alpha value is 0.292. The summed E-state index contributed by atoms with van der Waals surface area (Å²) in [5.41, 5.74) is 6.46. The van der Waals surface area contributed by atoms with E-state index in [1.165, 1.54) is 0 Å². The van der Waals surface area contributed by atoms with Crippen LogP contribution in [-0.2, 0) is 6.42 Å². The van der Waals surface area contributed by atoms with E-state index in [2.05, 4.69) is 17.4 Å². The van der Waals surface area contributed by atoms with Gasteiger partial charge in [0.25, 0.3) is 14.1 Å². The first-order valence-electron chi connectivity index (χ1n) is 5.10. The van der Waals surface area contributed by atoms with E-state index in [0.717, 1.165) is 12.0 Å². The fourth-order valence-electron chi connectivity index (χ4n) is 0.922. The van der Waals surface area contributed by atoms with Crippen molar-refractivity contribution in [3.63, 3.8) is 0 Å². The van der Waals surface area contributed by atoms with Crippen LogP contribution < -0.4 is 5.73 Å². The van der Waals surface area contributed by atoms with Crippen molar-refractivity contribution in [3.8, 4) is 0 Å². The molecule has 0 aliphatic carbocycles. The normalized spacial score (nSPS) is 9.20. The zero-order valence-electron chi connectivity index (χ0n) is 9.56. The molecule has 0 bridgehead atoms. The first-order valence-corrected chi connectivity index (χ1v) is 9.32. The summed E-state index contributed by atoms with van der Waals surface area (Å²) in [5, 5.41) is 1.34. The van der Waals surface area contributed by atoms with E-state index in [9.17, 15) is 0 Å². The third kappa shape index (κ3) is 9.23. The number of rotatable bonds is 2. The lowest BCUT2D eigenvalue weighted by Crippen LogP contribution is -2.02. The SMILES string of the molecule is NCCc1cc(Cl)cc(Cl)c1.[CH3][Al]([CH3])[CH3]. The van der Waals surface area contributed by atoms with Crippen LogP contribution in [-0.4, -0.2) is 20.7 Å². The number of hydrogen-bond donors (Lipinski definition) is 1. The second-order valence-electron chi connectivity index (χ2n) is 4.05. The summed E-state index contributed by atoms with van der Waals surface area (Å²) in [6.07, 6.45) is 0.820. The van der Waals surface area contributed by atoms with Crippen LogP contribution in [0.5, 0.6) is 0 Å². The van der Waals surface area contributed by atoms with Crippen LogP contribution in [0.2, 0.25) is 27.4 Å². The van der Waals surface area contributed by atoms with Crippen molar-refractivity contribution in [1.82, 2.24) is 0 Å². The van der Waals surface area contributed by atoms with Gasteiger partial charge in [0.05, 0.1) is 0 Å². The third-order valence-corrected chi connectivity index (χ3v) is 1.79. The van der Waals surface area contributed by atoms with Crippen molar-refractivity contribution in [2.24, 2.45) is 5.73 Å². The molecule has 1 aromatic rings. The molecule has 0 radical (unpaired) electrons. The molecule has 1 nitrogen and oxygen atoms in total. The van der Waals surface area contributed by atoms with E-state index in [1.54, 1.807) is 6.07 Å². The van der Waals surface area contributed by atoms with E-state index < -0.39 is 0 Å². The quantitative estimate of drug-likeness (QED) is 0.804. The molecule has 0 amide bonds. The molecule has 0 aliphatic rings. The van der Waals surface area contributed by atoms with Gasteiger partial charge in [0.1, 0.15) is 0 Å². The molecule has 15 heavy (non-hydrogen) atoms. The molecule has 0 aromatic heterocycles. The highest BCUT2D eigenvalue weighted by molar-refractivity contribution is 6.54. The van der Waals surface area contributed by atoms with E-state index in [4.69, 9.17) is 28.9 Å². The molecule has 0 saturated carbocycles. The Morgan fingerprint density at radius 3 is 1.80 bits per heavy atom. The van der Waals surface area contributed by atoms with Gasteiger partial charge in [-0.3, -0.25) is 0 Å². The highest BCUT2D eigenvalue weighted by atomic mass is 35.5. The summed E-state index contributed by atoms with van der Waals surface area (Å²) < 4.78 is 0. The minimum Gasteiger partial charge on any atom is -0.330 e. The lowest BCUT2D eigenvalue weighted by Gasteiger charge is -1.99. The predicted molar refractivity (Wildman–Crippen MR) is 72.6 cm³/mol. The largest absolute Gasteiger partial charge is 0.330 e. The fourth-order valence-corrected chi connectivity index (χ4v) is 1.49. The van der Waals surface area contributed by atoms with Gasteiger partial charge in [0.15, 0.2) is 0 Å². The predicted octanol–water partition coefficient (Wildman–Crippen LogP) is 3.87. The second kappa shape index (κ2) is 8.45. The highest BCUT2D eigenvalue weighted by Crippen LogP contribution is 2.18. The minimum atomic E-state index is -0.139. The van der Waals surface area contributed by atoms with E-state index >= 15 is 0 Å². The Morgan fingerprint density at radius 2 is 1.47 bits per heavy atom. The molecule has 1 aromatic carbocycles. The van der Waals surface area contributed by atoms with E-state index in [0.29, 0.717) is 16.6 Å². The molecule has 1 rings (SSSR count). The fraction of sp³-hybridized carbons (Fsp3) is 0.455. The van der Waals surface area contributed by atoms with Gasteiger partial charge in [-0.15, -0.1) is 17.4 Å². The smallest absolute Gasteiger partial charge is 0.251 e. The zero-order valence-corrected chi connectivity index (χ0v) is 12.2. The van der Waals surface area contributed by atoms with Gasteiger partial charge < -0.3 is 5.73 Å². The maximum absolute atomic E-state index is 5.76. The van der Waals surface area contributed by atoms with Gasteiger partial charge in [-0.2, -0.15) is 0 Å². The van der Waals surface area contributed by atoms with Gasteiger partial charge in [-0.1, -0.05) is 23.2 Å². The van der Waals surface area contributed by atoms with Gasteiger partial charge in [-0.05, 0) is 36.7 Å². The molecule has 2 N–H and O–H groups in total. The molecule has 0 atom stereocenters. The van der Waals surface area contributed by atoms with Gasteiger partial charge in [-0.25, -0.2) is 0 Å². The molecular weight excluding hydrogens is 244 g/mol. The number of halogens is 2. The monoisotopic (exact) mass is 261 g/mol. The lowest BCUT2D eigenvalue weighted by atomic mass is 10.1. The summed E-state index contributed by atoms with van der Waals surface area (Å²) >= 11 is 11.4. The standard InChI is InChI=1S/C8H9Cl2N.3CH3.Al/c9-7-3-6(1-2-11)4-8(10)5-7;;;;/h3-5H,1-2,11H2;3*1H3;. The summed E-state index contributed by atoms with van der Waals surface area (Å²) in [6, 6.07) is 5.46. The first-order chi connectivity index (χ1) is 6.95. The van der Waals surface area contributed by atoms with Crippen molar-refractivity contribution in [1.29, 1.82) is 0 Å². The summed E-state index contributed by atoms with van der Waals surface area (Å²) in [6.45, 7) is 0.622. The molecule has 84 valence electrons. The zero-order chi connectivity index (χ0) is 11.8. The van der Waals surface area contributed by atoms with Gasteiger partial charge >= 0.3 is 0 Å². The summed E-state index contributed by atoms with van der Waals surface area (Å²) in [5.74, 6) is 6.92. The molecule has 0 saturated heterocycles. The van der Waals surface area contributed by atoms with E-state index in [-0.39, 0.29) is 14.1 Å². The topological polar surface area (TPSA) is 26.0 Å². The van der Waals surface area contributed by atoms with Crippen molar-refractivity contribution >= 4 is 37.4 Å². The van der Waals surface area contributed by atoms with Gasteiger partial charge in [0.2, 0.25) is 0 Å². The Bertz CT molecular complexity index is 267. The maximum atomic E-state index is 5.76. The van der Waals surface area contributed by atoms with Crippen LogP contribution in [0.15, 0.2) is 18.2 Å². The Morgan fingerprint density at radius 1 is 1.07 bits per heavy atom. The van der Waals surface area contributed by atoms with Crippen molar-refractivity contribution in [2.45, 2.75) is 23.8 Å². The molecule has 0 spiro atoms. The number of hydrogen-bond acceptors (Lipinski definition) is 1. The van der Waals surface area contributed by atoms with Gasteiger partial charge in [0, 0.05) is 10.0 Å². The lowest BCUT2D eigenvalue weighted by molar-refractivity contribution is 0.969. The van der Waals surface area contributed by atoms with Crippen LogP contribution in [0, 0.1) is 0 Å². The molecule has 4 heteroatoms. The summed E-state index contributed by atoms with van der Waals surface area (Å²) in [7, 11) is 0. The van der Waals surface area contributed by atoms with E-state index in [1.807, 2.05) is 12.1 Å².